The summed E-state index contributed by atoms with van der Waals surface area (Å²) in [5.74, 6) is 0.271. The van der Waals surface area contributed by atoms with Crippen molar-refractivity contribution in [2.75, 3.05) is 0 Å². The van der Waals surface area contributed by atoms with Crippen LogP contribution in [0.2, 0.25) is 0 Å². The summed E-state index contributed by atoms with van der Waals surface area (Å²) in [4.78, 5) is 11.0. The normalized spacial score (nSPS) is 10.7. The first-order valence-electron chi connectivity index (χ1n) is 6.44. The van der Waals surface area contributed by atoms with Gasteiger partial charge in [0.15, 0.2) is 0 Å². The number of hydrogen-bond acceptors (Lipinski definition) is 2. The fourth-order valence-corrected chi connectivity index (χ4v) is 2.35. The standard InChI is InChI=1S/C18H14O2/c1-3-13-4-5-14-10-17-11-18(20-12(2)19)7-6-15(17)9-16(14)8-13/h3-11H,1H2,2H3. The topological polar surface area (TPSA) is 26.3 Å². The van der Waals surface area contributed by atoms with Crippen molar-refractivity contribution in [3.63, 3.8) is 0 Å². The van der Waals surface area contributed by atoms with Crippen LogP contribution in [0.1, 0.15) is 12.5 Å². The molecule has 0 aliphatic heterocycles. The third-order valence-corrected chi connectivity index (χ3v) is 3.29. The number of carbonyl (C=O) groups excluding carboxylic acids is 1. The molecule has 0 N–H and O–H groups in total. The minimum atomic E-state index is -0.305. The van der Waals surface area contributed by atoms with E-state index in [4.69, 9.17) is 4.74 Å². The second-order valence-corrected chi connectivity index (χ2v) is 4.77. The molecular weight excluding hydrogens is 248 g/mol. The average molecular weight is 262 g/mol. The Morgan fingerprint density at radius 2 is 1.60 bits per heavy atom. The van der Waals surface area contributed by atoms with Crippen molar-refractivity contribution in [2.24, 2.45) is 0 Å². The highest BCUT2D eigenvalue weighted by molar-refractivity contribution is 5.99. The molecule has 0 saturated carbocycles. The van der Waals surface area contributed by atoms with Crippen LogP contribution in [0.3, 0.4) is 0 Å². The molecule has 0 saturated heterocycles. The lowest BCUT2D eigenvalue weighted by Gasteiger charge is -2.06. The molecule has 2 nitrogen and oxygen atoms in total. The highest BCUT2D eigenvalue weighted by Gasteiger charge is 2.03. The molecule has 0 aliphatic carbocycles. The van der Waals surface area contributed by atoms with Gasteiger partial charge in [0.05, 0.1) is 0 Å². The van der Waals surface area contributed by atoms with Crippen LogP contribution in [0.5, 0.6) is 5.75 Å². The highest BCUT2D eigenvalue weighted by atomic mass is 16.5. The third-order valence-electron chi connectivity index (χ3n) is 3.29. The van der Waals surface area contributed by atoms with Crippen molar-refractivity contribution in [1.82, 2.24) is 0 Å². The van der Waals surface area contributed by atoms with Crippen molar-refractivity contribution >= 4 is 33.6 Å². The Balaban J connectivity index is 2.19. The minimum Gasteiger partial charge on any atom is -0.427 e. The monoisotopic (exact) mass is 262 g/mol. The van der Waals surface area contributed by atoms with Gasteiger partial charge in [-0.1, -0.05) is 30.9 Å². The van der Waals surface area contributed by atoms with Crippen LogP contribution >= 0.6 is 0 Å². The van der Waals surface area contributed by atoms with Crippen molar-refractivity contribution in [3.8, 4) is 5.75 Å². The Bertz CT molecular complexity index is 831. The molecule has 0 spiro atoms. The van der Waals surface area contributed by atoms with E-state index in [-0.39, 0.29) is 5.97 Å². The molecule has 3 aromatic carbocycles. The Hall–Kier alpha value is -2.61. The van der Waals surface area contributed by atoms with Crippen LogP contribution in [0.25, 0.3) is 27.6 Å². The van der Waals surface area contributed by atoms with Crippen molar-refractivity contribution in [2.45, 2.75) is 6.92 Å². The van der Waals surface area contributed by atoms with E-state index in [9.17, 15) is 4.79 Å². The smallest absolute Gasteiger partial charge is 0.308 e. The van der Waals surface area contributed by atoms with Crippen LogP contribution in [-0.2, 0) is 4.79 Å². The Labute approximate surface area is 117 Å². The first-order valence-corrected chi connectivity index (χ1v) is 6.44. The second-order valence-electron chi connectivity index (χ2n) is 4.77. The van der Waals surface area contributed by atoms with E-state index in [0.29, 0.717) is 5.75 Å². The average Bonchev–Trinajstić information content (AvgIpc) is 2.44. The van der Waals surface area contributed by atoms with Gasteiger partial charge in [-0.15, -0.1) is 0 Å². The molecule has 0 aliphatic rings. The lowest BCUT2D eigenvalue weighted by Crippen LogP contribution is -2.00. The molecule has 0 atom stereocenters. The van der Waals surface area contributed by atoms with E-state index in [1.165, 1.54) is 12.3 Å². The number of fused-ring (bicyclic) bond motifs is 2. The maximum Gasteiger partial charge on any atom is 0.308 e. The summed E-state index contributed by atoms with van der Waals surface area (Å²) < 4.78 is 5.12. The van der Waals surface area contributed by atoms with Gasteiger partial charge in [-0.2, -0.15) is 0 Å². The van der Waals surface area contributed by atoms with Gasteiger partial charge < -0.3 is 4.74 Å². The number of benzene rings is 3. The second kappa shape index (κ2) is 4.82. The first-order chi connectivity index (χ1) is 9.65. The number of rotatable bonds is 2. The maximum atomic E-state index is 11.0. The molecule has 0 radical (unpaired) electrons. The van der Waals surface area contributed by atoms with Crippen LogP contribution in [0, 0.1) is 0 Å². The summed E-state index contributed by atoms with van der Waals surface area (Å²) in [5.41, 5.74) is 1.10. The van der Waals surface area contributed by atoms with Gasteiger partial charge in [0.25, 0.3) is 0 Å². The molecule has 0 amide bonds. The van der Waals surface area contributed by atoms with Gasteiger partial charge in [0, 0.05) is 6.92 Å². The van der Waals surface area contributed by atoms with E-state index in [1.807, 2.05) is 30.3 Å². The molecule has 2 heteroatoms. The number of esters is 1. The summed E-state index contributed by atoms with van der Waals surface area (Å²) in [6, 6.07) is 16.1. The summed E-state index contributed by atoms with van der Waals surface area (Å²) in [6.45, 7) is 5.19. The molecule has 0 aromatic heterocycles. The van der Waals surface area contributed by atoms with Crippen LogP contribution in [0.4, 0.5) is 0 Å². The molecule has 0 fully saturated rings. The van der Waals surface area contributed by atoms with Gasteiger partial charge in [-0.3, -0.25) is 4.79 Å². The summed E-state index contributed by atoms with van der Waals surface area (Å²) in [6.07, 6.45) is 1.84. The Morgan fingerprint density at radius 1 is 0.950 bits per heavy atom. The molecule has 0 unspecified atom stereocenters. The zero-order chi connectivity index (χ0) is 14.1. The van der Waals surface area contributed by atoms with E-state index < -0.39 is 0 Å². The van der Waals surface area contributed by atoms with Crippen molar-refractivity contribution in [1.29, 1.82) is 0 Å². The zero-order valence-electron chi connectivity index (χ0n) is 11.2. The zero-order valence-corrected chi connectivity index (χ0v) is 11.2. The fraction of sp³-hybridized carbons (Fsp3) is 0.0556. The predicted molar refractivity (Wildman–Crippen MR) is 82.9 cm³/mol. The molecule has 3 aromatic rings. The van der Waals surface area contributed by atoms with Crippen molar-refractivity contribution < 1.29 is 9.53 Å². The van der Waals surface area contributed by atoms with Gasteiger partial charge >= 0.3 is 5.97 Å². The van der Waals surface area contributed by atoms with E-state index in [0.717, 1.165) is 21.7 Å². The number of hydrogen-bond donors (Lipinski definition) is 0. The molecule has 20 heavy (non-hydrogen) atoms. The Kier molecular flexibility index (Phi) is 2.99. The largest absolute Gasteiger partial charge is 0.427 e. The maximum absolute atomic E-state index is 11.0. The van der Waals surface area contributed by atoms with Gasteiger partial charge in [0.1, 0.15) is 5.75 Å². The third kappa shape index (κ3) is 2.28. The highest BCUT2D eigenvalue weighted by Crippen LogP contribution is 2.27. The molecule has 0 heterocycles. The van der Waals surface area contributed by atoms with E-state index in [2.05, 4.69) is 30.8 Å². The van der Waals surface area contributed by atoms with Crippen LogP contribution < -0.4 is 4.74 Å². The summed E-state index contributed by atoms with van der Waals surface area (Å²) in [5, 5.41) is 4.51. The number of carbonyl (C=O) groups is 1. The van der Waals surface area contributed by atoms with Gasteiger partial charge in [-0.05, 0) is 57.4 Å². The molecular formula is C18H14O2. The molecule has 0 bridgehead atoms. The minimum absolute atomic E-state index is 0.305. The summed E-state index contributed by atoms with van der Waals surface area (Å²) >= 11 is 0. The first kappa shape index (κ1) is 12.4. The van der Waals surface area contributed by atoms with Gasteiger partial charge in [0.2, 0.25) is 0 Å². The van der Waals surface area contributed by atoms with Crippen LogP contribution in [0.15, 0.2) is 55.1 Å². The Morgan fingerprint density at radius 3 is 2.25 bits per heavy atom. The van der Waals surface area contributed by atoms with Crippen molar-refractivity contribution in [3.05, 3.63) is 60.7 Å². The lowest BCUT2D eigenvalue weighted by atomic mass is 10.0. The quantitative estimate of drug-likeness (QED) is 0.384. The molecule has 3 rings (SSSR count). The lowest BCUT2D eigenvalue weighted by molar-refractivity contribution is -0.131. The van der Waals surface area contributed by atoms with E-state index in [1.54, 1.807) is 0 Å². The SMILES string of the molecule is C=Cc1ccc2cc3cc(OC(C)=O)ccc3cc2c1. The predicted octanol–water partition coefficient (Wildman–Crippen LogP) is 4.56. The summed E-state index contributed by atoms with van der Waals surface area (Å²) in [7, 11) is 0. The van der Waals surface area contributed by atoms with E-state index >= 15 is 0 Å². The fourth-order valence-electron chi connectivity index (χ4n) is 2.35. The van der Waals surface area contributed by atoms with Gasteiger partial charge in [-0.25, -0.2) is 0 Å². The molecule has 98 valence electrons. The van der Waals surface area contributed by atoms with Crippen LogP contribution in [-0.4, -0.2) is 5.97 Å². The number of ether oxygens (including phenoxy) is 1.